The van der Waals surface area contributed by atoms with Gasteiger partial charge in [0.15, 0.2) is 0 Å². The van der Waals surface area contributed by atoms with Crippen molar-refractivity contribution in [3.8, 4) is 6.07 Å². The molecule has 0 unspecified atom stereocenters. The molecule has 138 valence electrons. The third-order valence-corrected chi connectivity index (χ3v) is 5.62. The Morgan fingerprint density at radius 2 is 1.89 bits per heavy atom. The maximum absolute atomic E-state index is 12.6. The topological polar surface area (TPSA) is 64.9 Å². The molecule has 0 aromatic heterocycles. The molecule has 2 amide bonds. The van der Waals surface area contributed by atoms with Gasteiger partial charge in [0.05, 0.1) is 17.3 Å². The van der Waals surface area contributed by atoms with Crippen molar-refractivity contribution in [2.24, 2.45) is 5.41 Å². The minimum atomic E-state index is -0.391. The number of urea groups is 1. The van der Waals surface area contributed by atoms with E-state index in [1.165, 1.54) is 0 Å². The first-order valence-corrected chi connectivity index (χ1v) is 9.47. The van der Waals surface area contributed by atoms with E-state index in [1.807, 2.05) is 18.2 Å². The lowest BCUT2D eigenvalue weighted by atomic mass is 9.66. The number of rotatable bonds is 4. The molecule has 4 nitrogen and oxygen atoms in total. The van der Waals surface area contributed by atoms with Gasteiger partial charge in [0.2, 0.25) is 0 Å². The summed E-state index contributed by atoms with van der Waals surface area (Å²) < 4.78 is 0. The van der Waals surface area contributed by atoms with Crippen LogP contribution in [0, 0.1) is 16.7 Å². The summed E-state index contributed by atoms with van der Waals surface area (Å²) in [4.78, 5) is 12.6. The fraction of sp³-hybridized carbons (Fsp3) is 0.273. The molecule has 0 spiro atoms. The Kier molecular flexibility index (Phi) is 5.53. The molecule has 0 heterocycles. The highest BCUT2D eigenvalue weighted by Gasteiger charge is 2.39. The summed E-state index contributed by atoms with van der Waals surface area (Å²) in [6.45, 7) is 4.19. The fourth-order valence-electron chi connectivity index (χ4n) is 3.77. The summed E-state index contributed by atoms with van der Waals surface area (Å²) in [6.07, 6.45) is 2.48. The van der Waals surface area contributed by atoms with Gasteiger partial charge in [-0.15, -0.1) is 0 Å². The average molecular weight is 380 g/mol. The van der Waals surface area contributed by atoms with E-state index in [0.717, 1.165) is 30.4 Å². The number of nitrogens with zero attached hydrogens (tertiary/aromatic N) is 1. The van der Waals surface area contributed by atoms with Crippen molar-refractivity contribution in [2.75, 3.05) is 5.32 Å². The summed E-state index contributed by atoms with van der Waals surface area (Å²) >= 11 is 5.98. The molecule has 2 aromatic rings. The van der Waals surface area contributed by atoms with Crippen LogP contribution in [0.15, 0.2) is 54.1 Å². The zero-order valence-electron chi connectivity index (χ0n) is 15.5. The second-order valence-corrected chi connectivity index (χ2v) is 7.21. The number of anilines is 1. The van der Waals surface area contributed by atoms with Crippen molar-refractivity contribution < 1.29 is 4.79 Å². The smallest absolute Gasteiger partial charge is 0.308 e. The Morgan fingerprint density at radius 1 is 1.15 bits per heavy atom. The number of nitriles is 1. The van der Waals surface area contributed by atoms with Crippen LogP contribution in [-0.2, 0) is 6.42 Å². The first-order chi connectivity index (χ1) is 13.0. The molecule has 0 bridgehead atoms. The molecule has 1 aliphatic rings. The quantitative estimate of drug-likeness (QED) is 0.709. The van der Waals surface area contributed by atoms with Gasteiger partial charge < -0.3 is 10.6 Å². The molecule has 0 saturated carbocycles. The number of nitrogens with one attached hydrogen (secondary N) is 2. The van der Waals surface area contributed by atoms with Crippen LogP contribution in [0.25, 0.3) is 5.70 Å². The van der Waals surface area contributed by atoms with Gasteiger partial charge in [0.1, 0.15) is 0 Å². The Hall–Kier alpha value is -2.77. The standard InChI is InChI=1S/C22H22ClN3O/c1-3-22(4-2)13-15-8-5-6-11-18(15)20(19(22)14-24)26-21(27)25-17-10-7-9-16(23)12-17/h5-12H,3-4,13H2,1-2H3,(H2,25,26,27). The Morgan fingerprint density at radius 3 is 2.56 bits per heavy atom. The summed E-state index contributed by atoms with van der Waals surface area (Å²) in [7, 11) is 0. The van der Waals surface area contributed by atoms with Crippen molar-refractivity contribution in [1.82, 2.24) is 5.32 Å². The van der Waals surface area contributed by atoms with Crippen LogP contribution in [0.5, 0.6) is 0 Å². The normalized spacial score (nSPS) is 14.9. The number of amides is 2. The molecule has 5 heteroatoms. The lowest BCUT2D eigenvalue weighted by molar-refractivity contribution is 0.255. The predicted octanol–water partition coefficient (Wildman–Crippen LogP) is 5.76. The van der Waals surface area contributed by atoms with Gasteiger partial charge in [-0.1, -0.05) is 55.8 Å². The number of carbonyl (C=O) groups excluding carboxylic acids is 1. The van der Waals surface area contributed by atoms with Gasteiger partial charge in [-0.2, -0.15) is 5.26 Å². The zero-order valence-corrected chi connectivity index (χ0v) is 16.2. The molecule has 1 aliphatic carbocycles. The Bertz CT molecular complexity index is 939. The Labute approximate surface area is 164 Å². The van der Waals surface area contributed by atoms with Crippen LogP contribution in [0.4, 0.5) is 10.5 Å². The number of allylic oxidation sites excluding steroid dienone is 1. The number of carbonyl (C=O) groups is 1. The zero-order chi connectivity index (χ0) is 19.4. The van der Waals surface area contributed by atoms with Gasteiger partial charge in [-0.25, -0.2) is 4.79 Å². The second kappa shape index (κ2) is 7.85. The first-order valence-electron chi connectivity index (χ1n) is 9.09. The largest absolute Gasteiger partial charge is 0.323 e. The highest BCUT2D eigenvalue weighted by atomic mass is 35.5. The van der Waals surface area contributed by atoms with Crippen molar-refractivity contribution in [1.29, 1.82) is 5.26 Å². The van der Waals surface area contributed by atoms with Gasteiger partial charge in [-0.05, 0) is 43.0 Å². The highest BCUT2D eigenvalue weighted by molar-refractivity contribution is 6.30. The lowest BCUT2D eigenvalue weighted by Gasteiger charge is -2.38. The van der Waals surface area contributed by atoms with E-state index in [4.69, 9.17) is 11.6 Å². The Balaban J connectivity index is 2.00. The molecular weight excluding hydrogens is 358 g/mol. The number of hydrogen-bond acceptors (Lipinski definition) is 2. The number of benzene rings is 2. The van der Waals surface area contributed by atoms with Crippen LogP contribution < -0.4 is 10.6 Å². The number of hydrogen-bond donors (Lipinski definition) is 2. The van der Waals surface area contributed by atoms with Crippen LogP contribution >= 0.6 is 11.6 Å². The monoisotopic (exact) mass is 379 g/mol. The molecule has 0 radical (unpaired) electrons. The molecule has 0 aliphatic heterocycles. The second-order valence-electron chi connectivity index (χ2n) is 6.77. The van der Waals surface area contributed by atoms with Crippen LogP contribution in [0.1, 0.15) is 37.8 Å². The maximum Gasteiger partial charge on any atom is 0.323 e. The summed E-state index contributed by atoms with van der Waals surface area (Å²) in [5.74, 6) is 0. The predicted molar refractivity (Wildman–Crippen MR) is 109 cm³/mol. The number of halogens is 1. The van der Waals surface area contributed by atoms with Gasteiger partial charge in [0.25, 0.3) is 0 Å². The molecule has 27 heavy (non-hydrogen) atoms. The molecule has 3 rings (SSSR count). The molecule has 0 fully saturated rings. The van der Waals surface area contributed by atoms with E-state index in [2.05, 4.69) is 36.6 Å². The minimum absolute atomic E-state index is 0.262. The van der Waals surface area contributed by atoms with Crippen molar-refractivity contribution >= 4 is 29.0 Å². The van der Waals surface area contributed by atoms with E-state index in [1.54, 1.807) is 24.3 Å². The van der Waals surface area contributed by atoms with E-state index in [9.17, 15) is 10.1 Å². The minimum Gasteiger partial charge on any atom is -0.308 e. The third-order valence-electron chi connectivity index (χ3n) is 5.38. The summed E-state index contributed by atoms with van der Waals surface area (Å²) in [5.41, 5.74) is 3.64. The SMILES string of the molecule is CCC1(CC)Cc2ccccc2C(NC(=O)Nc2cccc(Cl)c2)=C1C#N. The van der Waals surface area contributed by atoms with Gasteiger partial charge in [-0.3, -0.25) is 0 Å². The lowest BCUT2D eigenvalue weighted by Crippen LogP contribution is -2.36. The van der Waals surface area contributed by atoms with Gasteiger partial charge in [0, 0.05) is 21.7 Å². The van der Waals surface area contributed by atoms with Gasteiger partial charge >= 0.3 is 6.03 Å². The fourth-order valence-corrected chi connectivity index (χ4v) is 3.96. The van der Waals surface area contributed by atoms with Crippen molar-refractivity contribution in [3.63, 3.8) is 0 Å². The first kappa shape index (κ1) is 19.0. The number of fused-ring (bicyclic) bond motifs is 1. The van der Waals surface area contributed by atoms with E-state index >= 15 is 0 Å². The van der Waals surface area contributed by atoms with Crippen LogP contribution in [0.3, 0.4) is 0 Å². The summed E-state index contributed by atoms with van der Waals surface area (Å²) in [6, 6.07) is 16.9. The molecule has 2 aromatic carbocycles. The molecular formula is C22H22ClN3O. The van der Waals surface area contributed by atoms with Crippen molar-refractivity contribution in [2.45, 2.75) is 33.1 Å². The maximum atomic E-state index is 12.6. The third kappa shape index (κ3) is 3.70. The molecule has 2 N–H and O–H groups in total. The molecule has 0 atom stereocenters. The van der Waals surface area contributed by atoms with Crippen LogP contribution in [-0.4, -0.2) is 6.03 Å². The van der Waals surface area contributed by atoms with E-state index < -0.39 is 6.03 Å². The van der Waals surface area contributed by atoms with Crippen molar-refractivity contribution in [3.05, 3.63) is 70.3 Å². The average Bonchev–Trinajstić information content (AvgIpc) is 2.67. The molecule has 0 saturated heterocycles. The highest BCUT2D eigenvalue weighted by Crippen LogP contribution is 2.46. The summed E-state index contributed by atoms with van der Waals surface area (Å²) in [5, 5.41) is 16.2. The van der Waals surface area contributed by atoms with E-state index in [-0.39, 0.29) is 5.41 Å². The van der Waals surface area contributed by atoms with E-state index in [0.29, 0.717) is 22.0 Å². The van der Waals surface area contributed by atoms with Crippen LogP contribution in [0.2, 0.25) is 5.02 Å².